The van der Waals surface area contributed by atoms with Gasteiger partial charge in [0.25, 0.3) is 0 Å². The Kier molecular flexibility index (Phi) is 10.4. The monoisotopic (exact) mass is 543 g/mol. The molecule has 172 valence electrons. The first kappa shape index (κ1) is 25.2. The molecule has 0 saturated carbocycles. The number of amides is 2. The summed E-state index contributed by atoms with van der Waals surface area (Å²) in [5.41, 5.74) is 2.27. The molecule has 0 bridgehead atoms. The van der Waals surface area contributed by atoms with Gasteiger partial charge < -0.3 is 25.2 Å². The average molecular weight is 543 g/mol. The minimum absolute atomic E-state index is 0. The van der Waals surface area contributed by atoms with Crippen molar-refractivity contribution in [1.82, 2.24) is 20.4 Å². The Balaban J connectivity index is 0.00000341. The number of aliphatic imine (C=N–C) groups is 1. The molecule has 2 N–H and O–H groups in total. The lowest BCUT2D eigenvalue weighted by molar-refractivity contribution is -0.128. The summed E-state index contributed by atoms with van der Waals surface area (Å²) in [4.78, 5) is 31.9. The smallest absolute Gasteiger partial charge is 0.409 e. The molecule has 2 aliphatic rings. The van der Waals surface area contributed by atoms with Crippen molar-refractivity contribution >= 4 is 41.9 Å². The van der Waals surface area contributed by atoms with Crippen molar-refractivity contribution in [3.05, 3.63) is 35.4 Å². The van der Waals surface area contributed by atoms with Crippen molar-refractivity contribution in [3.8, 4) is 0 Å². The number of methoxy groups -OCH3 is 1. The van der Waals surface area contributed by atoms with Gasteiger partial charge in [-0.25, -0.2) is 9.79 Å². The third-order valence-electron chi connectivity index (χ3n) is 5.57. The third kappa shape index (κ3) is 7.55. The number of hydrogen-bond donors (Lipinski definition) is 2. The van der Waals surface area contributed by atoms with Gasteiger partial charge in [-0.15, -0.1) is 24.0 Å². The highest BCUT2D eigenvalue weighted by Gasteiger charge is 2.23. The Bertz CT molecular complexity index is 765. The van der Waals surface area contributed by atoms with Gasteiger partial charge in [0.1, 0.15) is 0 Å². The van der Waals surface area contributed by atoms with E-state index in [2.05, 4.69) is 28.8 Å². The maximum Gasteiger partial charge on any atom is 0.409 e. The zero-order valence-electron chi connectivity index (χ0n) is 18.4. The highest BCUT2D eigenvalue weighted by Crippen LogP contribution is 2.16. The van der Waals surface area contributed by atoms with Crippen LogP contribution in [0.25, 0.3) is 0 Å². The Labute approximate surface area is 201 Å². The fourth-order valence-corrected chi connectivity index (χ4v) is 3.94. The maximum atomic E-state index is 11.9. The summed E-state index contributed by atoms with van der Waals surface area (Å²) in [5, 5.41) is 6.80. The van der Waals surface area contributed by atoms with Crippen LogP contribution in [-0.2, 0) is 22.6 Å². The molecule has 2 saturated heterocycles. The van der Waals surface area contributed by atoms with Crippen LogP contribution in [0.1, 0.15) is 43.7 Å². The molecule has 1 aromatic carbocycles. The van der Waals surface area contributed by atoms with Crippen LogP contribution in [-0.4, -0.2) is 67.1 Å². The molecule has 2 heterocycles. The molecule has 0 radical (unpaired) electrons. The topological polar surface area (TPSA) is 86.3 Å². The fraction of sp³-hybridized carbons (Fsp3) is 0.591. The highest BCUT2D eigenvalue weighted by atomic mass is 127. The van der Waals surface area contributed by atoms with E-state index in [0.29, 0.717) is 32.6 Å². The van der Waals surface area contributed by atoms with E-state index in [1.54, 1.807) is 4.90 Å². The van der Waals surface area contributed by atoms with Crippen molar-refractivity contribution in [2.75, 3.05) is 33.3 Å². The number of nitrogens with zero attached hydrogens (tertiary/aromatic N) is 3. The van der Waals surface area contributed by atoms with Crippen LogP contribution < -0.4 is 10.6 Å². The Morgan fingerprint density at radius 2 is 1.97 bits per heavy atom. The van der Waals surface area contributed by atoms with Gasteiger partial charge in [-0.1, -0.05) is 24.3 Å². The van der Waals surface area contributed by atoms with Crippen molar-refractivity contribution in [1.29, 1.82) is 0 Å². The maximum absolute atomic E-state index is 11.9. The lowest BCUT2D eigenvalue weighted by Gasteiger charge is -2.32. The van der Waals surface area contributed by atoms with E-state index in [-0.39, 0.29) is 42.0 Å². The van der Waals surface area contributed by atoms with E-state index in [0.717, 1.165) is 49.4 Å². The molecule has 31 heavy (non-hydrogen) atoms. The van der Waals surface area contributed by atoms with Gasteiger partial charge in [0.2, 0.25) is 5.91 Å². The molecule has 2 aliphatic heterocycles. The van der Waals surface area contributed by atoms with E-state index < -0.39 is 0 Å². The molecule has 2 fully saturated rings. The summed E-state index contributed by atoms with van der Waals surface area (Å²) >= 11 is 0. The number of hydrogen-bond acceptors (Lipinski definition) is 4. The summed E-state index contributed by atoms with van der Waals surface area (Å²) in [6.45, 7) is 6.28. The lowest BCUT2D eigenvalue weighted by atomic mass is 10.1. The van der Waals surface area contributed by atoms with Crippen LogP contribution in [0.5, 0.6) is 0 Å². The van der Waals surface area contributed by atoms with Gasteiger partial charge in [0.15, 0.2) is 5.96 Å². The molecular formula is C22H34IN5O3. The summed E-state index contributed by atoms with van der Waals surface area (Å²) in [6, 6.07) is 8.57. The van der Waals surface area contributed by atoms with Crippen LogP contribution in [0.4, 0.5) is 4.79 Å². The van der Waals surface area contributed by atoms with Gasteiger partial charge in [0, 0.05) is 45.2 Å². The minimum atomic E-state index is -0.260. The number of piperidine rings is 1. The van der Waals surface area contributed by atoms with E-state index in [1.165, 1.54) is 7.11 Å². The van der Waals surface area contributed by atoms with Gasteiger partial charge in [0.05, 0.1) is 13.7 Å². The standard InChI is InChI=1S/C22H33N5O3.HI/c1-3-23-21(25-19-9-12-26(13-10-19)22(29)30-2)24-15-17-6-4-7-18(14-17)16-27-11-5-8-20(27)28;/h4,6-7,14,19H,3,5,8-13,15-16H2,1-2H3,(H2,23,24,25);1H. The molecule has 3 rings (SSSR count). The van der Waals surface area contributed by atoms with Crippen LogP contribution in [0.2, 0.25) is 0 Å². The van der Waals surface area contributed by atoms with Crippen LogP contribution in [0.15, 0.2) is 29.3 Å². The van der Waals surface area contributed by atoms with E-state index in [1.807, 2.05) is 17.9 Å². The van der Waals surface area contributed by atoms with E-state index >= 15 is 0 Å². The summed E-state index contributed by atoms with van der Waals surface area (Å²) in [7, 11) is 1.42. The Morgan fingerprint density at radius 3 is 2.61 bits per heavy atom. The minimum Gasteiger partial charge on any atom is -0.453 e. The number of guanidine groups is 1. The second-order valence-corrected chi connectivity index (χ2v) is 7.81. The predicted octanol–water partition coefficient (Wildman–Crippen LogP) is 2.71. The Morgan fingerprint density at radius 1 is 1.23 bits per heavy atom. The molecular weight excluding hydrogens is 509 g/mol. The van der Waals surface area contributed by atoms with Gasteiger partial charge in [-0.05, 0) is 37.3 Å². The van der Waals surface area contributed by atoms with E-state index in [4.69, 9.17) is 9.73 Å². The summed E-state index contributed by atoms with van der Waals surface area (Å²) in [6.07, 6.45) is 3.08. The predicted molar refractivity (Wildman–Crippen MR) is 131 cm³/mol. The van der Waals surface area contributed by atoms with Gasteiger partial charge >= 0.3 is 6.09 Å². The third-order valence-corrected chi connectivity index (χ3v) is 5.57. The summed E-state index contributed by atoms with van der Waals surface area (Å²) in [5.74, 6) is 1.03. The second kappa shape index (κ2) is 12.7. The zero-order valence-corrected chi connectivity index (χ0v) is 20.8. The SMILES string of the molecule is CCNC(=NCc1cccc(CN2CCCC2=O)c1)NC1CCN(C(=O)OC)CC1.I. The van der Waals surface area contributed by atoms with Gasteiger partial charge in [-0.2, -0.15) is 0 Å². The first-order valence-electron chi connectivity index (χ1n) is 10.8. The molecule has 0 aliphatic carbocycles. The first-order chi connectivity index (χ1) is 14.6. The number of benzene rings is 1. The average Bonchev–Trinajstić information content (AvgIpc) is 3.17. The van der Waals surface area contributed by atoms with E-state index in [9.17, 15) is 9.59 Å². The first-order valence-corrected chi connectivity index (χ1v) is 10.8. The van der Waals surface area contributed by atoms with Gasteiger partial charge in [-0.3, -0.25) is 4.79 Å². The lowest BCUT2D eigenvalue weighted by Crippen LogP contribution is -2.49. The molecule has 0 unspecified atom stereocenters. The summed E-state index contributed by atoms with van der Waals surface area (Å²) < 4.78 is 4.80. The number of halogens is 1. The fourth-order valence-electron chi connectivity index (χ4n) is 3.94. The molecule has 0 aromatic heterocycles. The number of carbonyl (C=O) groups is 2. The molecule has 2 amide bonds. The zero-order chi connectivity index (χ0) is 21.3. The number of carbonyl (C=O) groups excluding carboxylic acids is 2. The molecule has 9 heteroatoms. The van der Waals surface area contributed by atoms with Crippen molar-refractivity contribution in [3.63, 3.8) is 0 Å². The number of rotatable bonds is 6. The number of likely N-dealkylation sites (tertiary alicyclic amines) is 2. The molecule has 0 atom stereocenters. The normalized spacial score (nSPS) is 17.4. The quantitative estimate of drug-likeness (QED) is 0.328. The van der Waals surface area contributed by atoms with Crippen molar-refractivity contribution < 1.29 is 14.3 Å². The molecule has 0 spiro atoms. The van der Waals surface area contributed by atoms with Crippen molar-refractivity contribution in [2.45, 2.75) is 51.7 Å². The van der Waals surface area contributed by atoms with Crippen LogP contribution in [0, 0.1) is 0 Å². The Hall–Kier alpha value is -2.04. The van der Waals surface area contributed by atoms with Crippen molar-refractivity contribution in [2.24, 2.45) is 4.99 Å². The van der Waals surface area contributed by atoms with Crippen LogP contribution >= 0.6 is 24.0 Å². The molecule has 1 aromatic rings. The second-order valence-electron chi connectivity index (χ2n) is 7.81. The largest absolute Gasteiger partial charge is 0.453 e. The van der Waals surface area contributed by atoms with Crippen LogP contribution in [0.3, 0.4) is 0 Å². The number of nitrogens with one attached hydrogen (secondary N) is 2. The highest BCUT2D eigenvalue weighted by molar-refractivity contribution is 14.0. The number of ether oxygens (including phenoxy) is 1. The molecule has 8 nitrogen and oxygen atoms in total.